The SMILES string of the molecule is CNC1(C)CCN(CC(=O)NC(C)C)CC1. The van der Waals surface area contributed by atoms with Crippen LogP contribution in [0, 0.1) is 0 Å². The molecule has 0 aromatic heterocycles. The third-order valence-corrected chi connectivity index (χ3v) is 3.38. The maximum atomic E-state index is 11.6. The van der Waals surface area contributed by atoms with Crippen molar-refractivity contribution in [1.29, 1.82) is 0 Å². The van der Waals surface area contributed by atoms with E-state index < -0.39 is 0 Å². The van der Waals surface area contributed by atoms with Crippen LogP contribution in [0.5, 0.6) is 0 Å². The molecule has 0 unspecified atom stereocenters. The Balaban J connectivity index is 2.29. The van der Waals surface area contributed by atoms with Gasteiger partial charge in [-0.1, -0.05) is 0 Å². The molecule has 2 N–H and O–H groups in total. The fraction of sp³-hybridized carbons (Fsp3) is 0.917. The highest BCUT2D eigenvalue weighted by molar-refractivity contribution is 5.78. The van der Waals surface area contributed by atoms with E-state index in [1.54, 1.807) is 0 Å². The molecule has 1 heterocycles. The molecule has 0 saturated carbocycles. The largest absolute Gasteiger partial charge is 0.353 e. The van der Waals surface area contributed by atoms with Crippen LogP contribution in [0.1, 0.15) is 33.6 Å². The van der Waals surface area contributed by atoms with E-state index in [0.717, 1.165) is 25.9 Å². The molecule has 1 aliphatic rings. The molecular formula is C12H25N3O. The van der Waals surface area contributed by atoms with Crippen molar-refractivity contribution in [2.75, 3.05) is 26.7 Å². The molecular weight excluding hydrogens is 202 g/mol. The maximum absolute atomic E-state index is 11.6. The van der Waals surface area contributed by atoms with E-state index in [0.29, 0.717) is 6.54 Å². The summed E-state index contributed by atoms with van der Waals surface area (Å²) in [5, 5.41) is 6.29. The molecule has 0 aromatic rings. The standard InChI is InChI=1S/C12H25N3O/c1-10(2)14-11(16)9-15-7-5-12(3,13-4)6-8-15/h10,13H,5-9H2,1-4H3,(H,14,16). The van der Waals surface area contributed by atoms with Crippen molar-refractivity contribution in [2.45, 2.75) is 45.2 Å². The van der Waals surface area contributed by atoms with Gasteiger partial charge < -0.3 is 10.6 Å². The lowest BCUT2D eigenvalue weighted by molar-refractivity contribution is -0.123. The molecule has 0 radical (unpaired) electrons. The number of carbonyl (C=O) groups is 1. The van der Waals surface area contributed by atoms with Crippen LogP contribution in [-0.4, -0.2) is 49.1 Å². The van der Waals surface area contributed by atoms with Crippen LogP contribution in [0.4, 0.5) is 0 Å². The highest BCUT2D eigenvalue weighted by Crippen LogP contribution is 2.20. The van der Waals surface area contributed by atoms with Crippen molar-refractivity contribution in [3.63, 3.8) is 0 Å². The predicted octanol–water partition coefficient (Wildman–Crippen LogP) is 0.585. The minimum Gasteiger partial charge on any atom is -0.353 e. The van der Waals surface area contributed by atoms with Crippen molar-refractivity contribution in [1.82, 2.24) is 15.5 Å². The minimum atomic E-state index is 0.142. The lowest BCUT2D eigenvalue weighted by atomic mass is 9.90. The molecule has 1 rings (SSSR count). The first kappa shape index (κ1) is 13.5. The van der Waals surface area contributed by atoms with E-state index in [4.69, 9.17) is 0 Å². The van der Waals surface area contributed by atoms with E-state index in [2.05, 4.69) is 22.5 Å². The van der Waals surface area contributed by atoms with Crippen LogP contribution in [-0.2, 0) is 4.79 Å². The third-order valence-electron chi connectivity index (χ3n) is 3.38. The highest BCUT2D eigenvalue weighted by atomic mass is 16.2. The number of carbonyl (C=O) groups excluding carboxylic acids is 1. The molecule has 1 fully saturated rings. The van der Waals surface area contributed by atoms with Crippen molar-refractivity contribution >= 4 is 5.91 Å². The molecule has 0 aromatic carbocycles. The molecule has 4 nitrogen and oxygen atoms in total. The number of nitrogens with zero attached hydrogens (tertiary/aromatic N) is 1. The smallest absolute Gasteiger partial charge is 0.234 e. The number of amides is 1. The zero-order valence-electron chi connectivity index (χ0n) is 11.0. The molecule has 16 heavy (non-hydrogen) atoms. The van der Waals surface area contributed by atoms with Gasteiger partial charge in [-0.05, 0) is 40.7 Å². The molecule has 0 spiro atoms. The number of piperidine rings is 1. The van der Waals surface area contributed by atoms with Gasteiger partial charge in [-0.25, -0.2) is 0 Å². The Kier molecular flexibility index (Phi) is 4.74. The molecule has 1 saturated heterocycles. The maximum Gasteiger partial charge on any atom is 0.234 e. The topological polar surface area (TPSA) is 44.4 Å². The van der Waals surface area contributed by atoms with E-state index in [9.17, 15) is 4.79 Å². The fourth-order valence-corrected chi connectivity index (χ4v) is 2.03. The summed E-state index contributed by atoms with van der Waals surface area (Å²) in [4.78, 5) is 13.8. The average molecular weight is 227 g/mol. The molecule has 0 aliphatic carbocycles. The molecule has 1 aliphatic heterocycles. The van der Waals surface area contributed by atoms with Gasteiger partial charge in [-0.15, -0.1) is 0 Å². The summed E-state index contributed by atoms with van der Waals surface area (Å²) in [6.45, 7) is 8.78. The van der Waals surface area contributed by atoms with Crippen LogP contribution in [0.25, 0.3) is 0 Å². The third kappa shape index (κ3) is 4.10. The predicted molar refractivity (Wildman–Crippen MR) is 66.4 cm³/mol. The van der Waals surface area contributed by atoms with Crippen LogP contribution >= 0.6 is 0 Å². The van der Waals surface area contributed by atoms with Gasteiger partial charge in [0, 0.05) is 24.7 Å². The first-order valence-corrected chi connectivity index (χ1v) is 6.16. The zero-order chi connectivity index (χ0) is 12.2. The summed E-state index contributed by atoms with van der Waals surface area (Å²) >= 11 is 0. The normalized spacial score (nSPS) is 21.1. The van der Waals surface area contributed by atoms with Gasteiger partial charge in [0.1, 0.15) is 0 Å². The van der Waals surface area contributed by atoms with Crippen LogP contribution < -0.4 is 10.6 Å². The number of hydrogen-bond acceptors (Lipinski definition) is 3. The second-order valence-electron chi connectivity index (χ2n) is 5.31. The van der Waals surface area contributed by atoms with Gasteiger partial charge in [0.25, 0.3) is 0 Å². The second kappa shape index (κ2) is 5.64. The summed E-state index contributed by atoms with van der Waals surface area (Å²) in [5.74, 6) is 0.142. The summed E-state index contributed by atoms with van der Waals surface area (Å²) in [5.41, 5.74) is 0.255. The summed E-state index contributed by atoms with van der Waals surface area (Å²) < 4.78 is 0. The summed E-state index contributed by atoms with van der Waals surface area (Å²) in [6.07, 6.45) is 2.22. The summed E-state index contributed by atoms with van der Waals surface area (Å²) in [6, 6.07) is 0.236. The minimum absolute atomic E-state index is 0.142. The van der Waals surface area contributed by atoms with E-state index in [-0.39, 0.29) is 17.5 Å². The Morgan fingerprint density at radius 2 is 1.94 bits per heavy atom. The number of hydrogen-bond donors (Lipinski definition) is 2. The van der Waals surface area contributed by atoms with Crippen molar-refractivity contribution in [3.05, 3.63) is 0 Å². The van der Waals surface area contributed by atoms with Gasteiger partial charge in [0.15, 0.2) is 0 Å². The van der Waals surface area contributed by atoms with E-state index in [1.807, 2.05) is 20.9 Å². The quantitative estimate of drug-likeness (QED) is 0.738. The molecule has 4 heteroatoms. The van der Waals surface area contributed by atoms with Gasteiger partial charge in [0.2, 0.25) is 5.91 Å². The number of nitrogens with one attached hydrogen (secondary N) is 2. The van der Waals surface area contributed by atoms with Gasteiger partial charge in [-0.2, -0.15) is 0 Å². The van der Waals surface area contributed by atoms with Crippen molar-refractivity contribution in [3.8, 4) is 0 Å². The Morgan fingerprint density at radius 3 is 2.38 bits per heavy atom. The van der Waals surface area contributed by atoms with E-state index >= 15 is 0 Å². The van der Waals surface area contributed by atoms with Gasteiger partial charge >= 0.3 is 0 Å². The zero-order valence-corrected chi connectivity index (χ0v) is 11.0. The Morgan fingerprint density at radius 1 is 1.38 bits per heavy atom. The monoisotopic (exact) mass is 227 g/mol. The van der Waals surface area contributed by atoms with Gasteiger partial charge in [0.05, 0.1) is 6.54 Å². The molecule has 1 amide bonds. The van der Waals surface area contributed by atoms with Crippen molar-refractivity contribution < 1.29 is 4.79 Å². The number of likely N-dealkylation sites (tertiary alicyclic amines) is 1. The van der Waals surface area contributed by atoms with Crippen LogP contribution in [0.2, 0.25) is 0 Å². The second-order valence-corrected chi connectivity index (χ2v) is 5.31. The van der Waals surface area contributed by atoms with Gasteiger partial charge in [-0.3, -0.25) is 9.69 Å². The average Bonchev–Trinajstić information content (AvgIpc) is 2.21. The first-order valence-electron chi connectivity index (χ1n) is 6.16. The Bertz CT molecular complexity index is 232. The highest BCUT2D eigenvalue weighted by Gasteiger charge is 2.28. The van der Waals surface area contributed by atoms with Crippen molar-refractivity contribution in [2.24, 2.45) is 0 Å². The first-order chi connectivity index (χ1) is 7.45. The fourth-order valence-electron chi connectivity index (χ4n) is 2.03. The summed E-state index contributed by atoms with van der Waals surface area (Å²) in [7, 11) is 2.02. The molecule has 0 atom stereocenters. The van der Waals surface area contributed by atoms with Crippen LogP contribution in [0.3, 0.4) is 0 Å². The Hall–Kier alpha value is -0.610. The van der Waals surface area contributed by atoms with Crippen LogP contribution in [0.15, 0.2) is 0 Å². The number of rotatable bonds is 4. The lowest BCUT2D eigenvalue weighted by Gasteiger charge is -2.39. The molecule has 94 valence electrons. The Labute approximate surface area is 98.8 Å². The molecule has 0 bridgehead atoms. The van der Waals surface area contributed by atoms with E-state index in [1.165, 1.54) is 0 Å². The lowest BCUT2D eigenvalue weighted by Crippen LogP contribution is -2.52.